The van der Waals surface area contributed by atoms with Gasteiger partial charge in [-0.15, -0.1) is 0 Å². The molecule has 0 fully saturated rings. The molecule has 11 rings (SSSR count). The predicted octanol–water partition coefficient (Wildman–Crippen LogP) is 14.2. The van der Waals surface area contributed by atoms with Crippen molar-refractivity contribution in [2.24, 2.45) is 0 Å². The maximum atomic E-state index is 2.49. The van der Waals surface area contributed by atoms with Gasteiger partial charge in [-0.2, -0.15) is 0 Å². The summed E-state index contributed by atoms with van der Waals surface area (Å²) in [5, 5.41) is 7.38. The van der Waals surface area contributed by atoms with E-state index in [2.05, 4.69) is 226 Å². The molecule has 0 spiro atoms. The molecule has 11 aromatic rings. The van der Waals surface area contributed by atoms with E-state index in [0.29, 0.717) is 0 Å². The summed E-state index contributed by atoms with van der Waals surface area (Å²) in [5.74, 6) is 0. The Labute approximate surface area is 319 Å². The van der Waals surface area contributed by atoms with Crippen LogP contribution in [0.4, 0.5) is 17.1 Å². The molecule has 0 unspecified atom stereocenters. The molecule has 9 aromatic carbocycles. The third-order valence-electron chi connectivity index (χ3n) is 11.1. The van der Waals surface area contributed by atoms with Crippen molar-refractivity contribution in [1.29, 1.82) is 0 Å². The third kappa shape index (κ3) is 5.05. The minimum Gasteiger partial charge on any atom is -0.310 e. The fourth-order valence-corrected chi connectivity index (χ4v) is 8.59. The van der Waals surface area contributed by atoms with E-state index in [4.69, 9.17) is 0 Å². The molecule has 0 aliphatic rings. The van der Waals surface area contributed by atoms with Crippen LogP contribution in [0.2, 0.25) is 0 Å². The van der Waals surface area contributed by atoms with Crippen LogP contribution in [-0.4, -0.2) is 9.13 Å². The second-order valence-electron chi connectivity index (χ2n) is 14.2. The lowest BCUT2D eigenvalue weighted by Gasteiger charge is -2.25. The first kappa shape index (κ1) is 31.2. The Hall–Kier alpha value is -7.36. The van der Waals surface area contributed by atoms with Crippen LogP contribution in [0, 0.1) is 0 Å². The highest BCUT2D eigenvalue weighted by Gasteiger charge is 2.21. The zero-order valence-electron chi connectivity index (χ0n) is 30.0. The first-order valence-electron chi connectivity index (χ1n) is 18.9. The van der Waals surface area contributed by atoms with Crippen molar-refractivity contribution in [2.75, 3.05) is 4.90 Å². The molecular formula is C52H35N3. The Morgan fingerprint density at radius 1 is 0.309 bits per heavy atom. The first-order valence-corrected chi connectivity index (χ1v) is 18.9. The molecule has 55 heavy (non-hydrogen) atoms. The van der Waals surface area contributed by atoms with E-state index in [1.54, 1.807) is 0 Å². The first-order chi connectivity index (χ1) is 27.3. The zero-order chi connectivity index (χ0) is 36.3. The lowest BCUT2D eigenvalue weighted by molar-refractivity contribution is 1.18. The van der Waals surface area contributed by atoms with E-state index in [-0.39, 0.29) is 0 Å². The van der Waals surface area contributed by atoms with E-state index >= 15 is 0 Å². The van der Waals surface area contributed by atoms with Crippen molar-refractivity contribution < 1.29 is 0 Å². The lowest BCUT2D eigenvalue weighted by atomic mass is 10.1. The van der Waals surface area contributed by atoms with E-state index in [0.717, 1.165) is 28.4 Å². The quantitative estimate of drug-likeness (QED) is 0.168. The van der Waals surface area contributed by atoms with Crippen LogP contribution in [0.1, 0.15) is 0 Å². The molecule has 0 N–H and O–H groups in total. The molecule has 0 atom stereocenters. The molecule has 2 aromatic heterocycles. The van der Waals surface area contributed by atoms with Crippen LogP contribution in [0.25, 0.3) is 76.9 Å². The number of rotatable bonds is 6. The van der Waals surface area contributed by atoms with Crippen molar-refractivity contribution in [2.45, 2.75) is 0 Å². The van der Waals surface area contributed by atoms with Crippen molar-refractivity contribution in [3.05, 3.63) is 212 Å². The molecule has 3 heteroatoms. The summed E-state index contributed by atoms with van der Waals surface area (Å²) >= 11 is 0. The second kappa shape index (κ2) is 12.6. The van der Waals surface area contributed by atoms with Gasteiger partial charge in [-0.3, -0.25) is 0 Å². The summed E-state index contributed by atoms with van der Waals surface area (Å²) in [7, 11) is 0. The zero-order valence-corrected chi connectivity index (χ0v) is 30.0. The molecule has 3 nitrogen and oxygen atoms in total. The summed E-state index contributed by atoms with van der Waals surface area (Å²) in [5.41, 5.74) is 12.9. The van der Waals surface area contributed by atoms with Crippen LogP contribution < -0.4 is 4.90 Å². The number of hydrogen-bond donors (Lipinski definition) is 0. The number of anilines is 3. The number of benzene rings is 9. The number of aromatic nitrogens is 2. The van der Waals surface area contributed by atoms with Crippen molar-refractivity contribution in [3.63, 3.8) is 0 Å². The topological polar surface area (TPSA) is 13.1 Å². The highest BCUT2D eigenvalue weighted by atomic mass is 15.1. The molecule has 0 amide bonds. The van der Waals surface area contributed by atoms with Gasteiger partial charge in [0, 0.05) is 50.0 Å². The van der Waals surface area contributed by atoms with E-state index in [9.17, 15) is 0 Å². The summed E-state index contributed by atoms with van der Waals surface area (Å²) in [6, 6.07) is 76.8. The van der Waals surface area contributed by atoms with Gasteiger partial charge in [-0.05, 0) is 101 Å². The smallest absolute Gasteiger partial charge is 0.0641 e. The molecule has 0 aliphatic carbocycles. The lowest BCUT2D eigenvalue weighted by Crippen LogP contribution is -2.09. The van der Waals surface area contributed by atoms with Crippen molar-refractivity contribution in [3.8, 4) is 22.5 Å². The molecule has 258 valence electrons. The van der Waals surface area contributed by atoms with Crippen LogP contribution in [0.3, 0.4) is 0 Å². The van der Waals surface area contributed by atoms with Gasteiger partial charge in [0.15, 0.2) is 0 Å². The molecule has 0 aliphatic heterocycles. The average Bonchev–Trinajstić information content (AvgIpc) is 3.78. The maximum Gasteiger partial charge on any atom is 0.0641 e. The molecular weight excluding hydrogens is 667 g/mol. The van der Waals surface area contributed by atoms with Crippen molar-refractivity contribution >= 4 is 71.4 Å². The minimum atomic E-state index is 1.12. The van der Waals surface area contributed by atoms with E-state index in [1.165, 1.54) is 65.5 Å². The van der Waals surface area contributed by atoms with E-state index in [1.807, 2.05) is 0 Å². The SMILES string of the molecule is c1ccc(-c2ccc(-n3c4ccccc4c4c3ccc3c5ccccc5n(-c5ccc6ccc(N(c7ccccc7)c7ccccc7)cc6c5)c34)cc2)cc1. The second-order valence-corrected chi connectivity index (χ2v) is 14.2. The molecule has 0 bridgehead atoms. The van der Waals surface area contributed by atoms with Crippen molar-refractivity contribution in [1.82, 2.24) is 9.13 Å². The number of hydrogen-bond acceptors (Lipinski definition) is 1. The standard InChI is InChI=1S/C52H35N3/c1-4-14-36(15-5-1)37-24-28-42(29-25-37)54-49-23-13-11-21-47(49)51-50(54)33-32-46-45-20-10-12-22-48(45)55(52(46)51)44-31-27-38-26-30-43(34-39(38)35-44)53(40-16-6-2-7-17-40)41-18-8-3-9-19-41/h1-35H. The van der Waals surface area contributed by atoms with Crippen LogP contribution >= 0.6 is 0 Å². The fourth-order valence-electron chi connectivity index (χ4n) is 8.59. The summed E-state index contributed by atoms with van der Waals surface area (Å²) in [4.78, 5) is 2.33. The number of fused-ring (bicyclic) bond motifs is 8. The predicted molar refractivity (Wildman–Crippen MR) is 233 cm³/mol. The van der Waals surface area contributed by atoms with Gasteiger partial charge in [-0.1, -0.05) is 133 Å². The van der Waals surface area contributed by atoms with Gasteiger partial charge in [0.1, 0.15) is 0 Å². The Morgan fingerprint density at radius 2 is 0.873 bits per heavy atom. The van der Waals surface area contributed by atoms with Gasteiger partial charge in [-0.25, -0.2) is 0 Å². The molecule has 0 radical (unpaired) electrons. The van der Waals surface area contributed by atoms with Gasteiger partial charge in [0.05, 0.1) is 22.1 Å². The Bertz CT molecular complexity index is 3140. The highest BCUT2D eigenvalue weighted by molar-refractivity contribution is 6.26. The molecule has 0 saturated heterocycles. The maximum absolute atomic E-state index is 2.49. The van der Waals surface area contributed by atoms with Gasteiger partial charge < -0.3 is 14.0 Å². The molecule has 2 heterocycles. The van der Waals surface area contributed by atoms with Gasteiger partial charge in [0.25, 0.3) is 0 Å². The highest BCUT2D eigenvalue weighted by Crippen LogP contribution is 2.43. The van der Waals surface area contributed by atoms with Crippen LogP contribution in [0.5, 0.6) is 0 Å². The minimum absolute atomic E-state index is 1.12. The fraction of sp³-hybridized carbons (Fsp3) is 0. The number of para-hydroxylation sites is 4. The van der Waals surface area contributed by atoms with E-state index < -0.39 is 0 Å². The summed E-state index contributed by atoms with van der Waals surface area (Å²) < 4.78 is 4.91. The van der Waals surface area contributed by atoms with Crippen LogP contribution in [-0.2, 0) is 0 Å². The monoisotopic (exact) mass is 701 g/mol. The van der Waals surface area contributed by atoms with Gasteiger partial charge in [0.2, 0.25) is 0 Å². The molecule has 0 saturated carbocycles. The largest absolute Gasteiger partial charge is 0.310 e. The number of nitrogens with zero attached hydrogens (tertiary/aromatic N) is 3. The summed E-state index contributed by atoms with van der Waals surface area (Å²) in [6.45, 7) is 0. The normalized spacial score (nSPS) is 11.6. The Kier molecular flexibility index (Phi) is 7.17. The van der Waals surface area contributed by atoms with Crippen LogP contribution in [0.15, 0.2) is 212 Å². The Balaban J connectivity index is 1.14. The van der Waals surface area contributed by atoms with Gasteiger partial charge >= 0.3 is 0 Å². The third-order valence-corrected chi connectivity index (χ3v) is 11.1. The Morgan fingerprint density at radius 3 is 1.58 bits per heavy atom. The average molecular weight is 702 g/mol. The summed E-state index contributed by atoms with van der Waals surface area (Å²) in [6.07, 6.45) is 0.